The number of carboxylic acids is 1. The number of amides is 1. The lowest BCUT2D eigenvalue weighted by Crippen LogP contribution is -2.40. The molecular formula is C13H17ClN2O3. The number of nitrogens with one attached hydrogen (secondary N) is 1. The van der Waals surface area contributed by atoms with Crippen LogP contribution in [0, 0.1) is 5.92 Å². The van der Waals surface area contributed by atoms with Crippen LogP contribution < -0.4 is 5.32 Å². The van der Waals surface area contributed by atoms with Gasteiger partial charge in [0.2, 0.25) is 0 Å². The first-order valence-corrected chi connectivity index (χ1v) is 6.80. The molecule has 0 aromatic carbocycles. The molecule has 1 saturated carbocycles. The van der Waals surface area contributed by atoms with Crippen molar-refractivity contribution in [2.75, 3.05) is 0 Å². The van der Waals surface area contributed by atoms with Gasteiger partial charge in [-0.1, -0.05) is 18.0 Å². The highest BCUT2D eigenvalue weighted by Crippen LogP contribution is 2.26. The molecule has 1 aliphatic carbocycles. The van der Waals surface area contributed by atoms with Crippen LogP contribution in [0.2, 0.25) is 5.02 Å². The summed E-state index contributed by atoms with van der Waals surface area (Å²) in [5.74, 6) is -1.58. The predicted octanol–water partition coefficient (Wildman–Crippen LogP) is 2.14. The Bertz CT molecular complexity index is 498. The number of carbonyl (C=O) groups excluding carboxylic acids is 1. The maximum Gasteiger partial charge on any atom is 0.308 e. The molecule has 1 fully saturated rings. The second-order valence-corrected chi connectivity index (χ2v) is 5.22. The van der Waals surface area contributed by atoms with E-state index in [-0.39, 0.29) is 11.9 Å². The van der Waals surface area contributed by atoms with E-state index in [9.17, 15) is 9.59 Å². The third-order valence-corrected chi connectivity index (χ3v) is 3.79. The molecule has 1 heterocycles. The zero-order valence-corrected chi connectivity index (χ0v) is 11.5. The summed E-state index contributed by atoms with van der Waals surface area (Å²) in [5.41, 5.74) is 0.475. The molecule has 0 radical (unpaired) electrons. The Balaban J connectivity index is 2.10. The molecule has 1 aromatic rings. The van der Waals surface area contributed by atoms with Crippen molar-refractivity contribution in [1.82, 2.24) is 9.88 Å². The Hall–Kier alpha value is -1.49. The van der Waals surface area contributed by atoms with Crippen LogP contribution in [-0.2, 0) is 11.3 Å². The number of aliphatic carboxylic acids is 1. The molecular weight excluding hydrogens is 268 g/mol. The van der Waals surface area contributed by atoms with Crippen LogP contribution in [0.25, 0.3) is 0 Å². The summed E-state index contributed by atoms with van der Waals surface area (Å²) in [6.07, 6.45) is 3.86. The number of halogens is 1. The van der Waals surface area contributed by atoms with Crippen molar-refractivity contribution < 1.29 is 14.7 Å². The fourth-order valence-corrected chi connectivity index (χ4v) is 2.82. The van der Waals surface area contributed by atoms with Gasteiger partial charge in [0.15, 0.2) is 0 Å². The minimum absolute atomic E-state index is 0.258. The highest BCUT2D eigenvalue weighted by atomic mass is 35.5. The summed E-state index contributed by atoms with van der Waals surface area (Å²) in [6.45, 7) is 2.56. The number of carbonyl (C=O) groups is 2. The normalized spacial score (nSPS) is 22.4. The third-order valence-electron chi connectivity index (χ3n) is 3.59. The molecule has 1 aromatic heterocycles. The van der Waals surface area contributed by atoms with Gasteiger partial charge in [-0.3, -0.25) is 9.59 Å². The van der Waals surface area contributed by atoms with Gasteiger partial charge in [-0.25, -0.2) is 0 Å². The summed E-state index contributed by atoms with van der Waals surface area (Å²) < 4.78 is 1.75. The van der Waals surface area contributed by atoms with Crippen molar-refractivity contribution in [2.45, 2.75) is 38.8 Å². The smallest absolute Gasteiger partial charge is 0.308 e. The third kappa shape index (κ3) is 2.92. The molecule has 0 saturated heterocycles. The molecule has 0 spiro atoms. The van der Waals surface area contributed by atoms with E-state index < -0.39 is 11.9 Å². The molecule has 19 heavy (non-hydrogen) atoms. The second kappa shape index (κ2) is 5.65. The first-order chi connectivity index (χ1) is 9.02. The molecule has 2 atom stereocenters. The van der Waals surface area contributed by atoms with E-state index in [2.05, 4.69) is 5.32 Å². The van der Waals surface area contributed by atoms with E-state index in [4.69, 9.17) is 16.7 Å². The van der Waals surface area contributed by atoms with E-state index >= 15 is 0 Å². The van der Waals surface area contributed by atoms with Gasteiger partial charge in [-0.15, -0.1) is 0 Å². The average molecular weight is 285 g/mol. The molecule has 0 bridgehead atoms. The first-order valence-electron chi connectivity index (χ1n) is 6.42. The molecule has 1 amide bonds. The van der Waals surface area contributed by atoms with Crippen molar-refractivity contribution in [2.24, 2.45) is 5.92 Å². The largest absolute Gasteiger partial charge is 0.481 e. The Morgan fingerprint density at radius 2 is 2.26 bits per heavy atom. The Kier molecular flexibility index (Phi) is 4.14. The number of hydrogen-bond acceptors (Lipinski definition) is 2. The van der Waals surface area contributed by atoms with Gasteiger partial charge in [0.05, 0.1) is 10.9 Å². The minimum Gasteiger partial charge on any atom is -0.481 e. The van der Waals surface area contributed by atoms with Crippen LogP contribution in [0.1, 0.15) is 36.7 Å². The molecule has 1 aliphatic rings. The summed E-state index contributed by atoms with van der Waals surface area (Å²) >= 11 is 5.89. The number of carboxylic acid groups (broad SMARTS) is 1. The van der Waals surface area contributed by atoms with E-state index in [1.54, 1.807) is 16.8 Å². The highest BCUT2D eigenvalue weighted by molar-refractivity contribution is 6.31. The lowest BCUT2D eigenvalue weighted by molar-refractivity contribution is -0.142. The summed E-state index contributed by atoms with van der Waals surface area (Å²) in [7, 11) is 0. The molecule has 2 N–H and O–H groups in total. The summed E-state index contributed by atoms with van der Waals surface area (Å²) in [5, 5.41) is 12.4. The monoisotopic (exact) mass is 284 g/mol. The number of nitrogens with zero attached hydrogens (tertiary/aromatic N) is 1. The van der Waals surface area contributed by atoms with Crippen molar-refractivity contribution in [1.29, 1.82) is 0 Å². The number of rotatable bonds is 4. The van der Waals surface area contributed by atoms with E-state index in [0.29, 0.717) is 30.1 Å². The van der Waals surface area contributed by atoms with Gasteiger partial charge in [0.25, 0.3) is 5.91 Å². The number of aromatic nitrogens is 1. The van der Waals surface area contributed by atoms with Crippen molar-refractivity contribution in [3.63, 3.8) is 0 Å². The zero-order valence-electron chi connectivity index (χ0n) is 10.7. The van der Waals surface area contributed by atoms with Crippen molar-refractivity contribution in [3.05, 3.63) is 23.0 Å². The fourth-order valence-electron chi connectivity index (χ4n) is 2.60. The first kappa shape index (κ1) is 13.9. The number of hydrogen-bond donors (Lipinski definition) is 2. The van der Waals surface area contributed by atoms with Gasteiger partial charge < -0.3 is 15.0 Å². The van der Waals surface area contributed by atoms with Crippen LogP contribution >= 0.6 is 11.6 Å². The molecule has 5 nitrogen and oxygen atoms in total. The molecule has 2 rings (SSSR count). The van der Waals surface area contributed by atoms with Crippen molar-refractivity contribution in [3.8, 4) is 0 Å². The highest BCUT2D eigenvalue weighted by Gasteiger charge is 2.34. The molecule has 0 aliphatic heterocycles. The van der Waals surface area contributed by atoms with Gasteiger partial charge in [-0.05, 0) is 25.8 Å². The maximum atomic E-state index is 12.2. The van der Waals surface area contributed by atoms with Gasteiger partial charge in [-0.2, -0.15) is 0 Å². The number of aryl methyl sites for hydroxylation is 1. The average Bonchev–Trinajstić information content (AvgIpc) is 2.95. The Morgan fingerprint density at radius 1 is 1.53 bits per heavy atom. The van der Waals surface area contributed by atoms with Gasteiger partial charge in [0, 0.05) is 18.8 Å². The predicted molar refractivity (Wildman–Crippen MR) is 71.3 cm³/mol. The Morgan fingerprint density at radius 3 is 2.89 bits per heavy atom. The fraction of sp³-hybridized carbons (Fsp3) is 0.538. The van der Waals surface area contributed by atoms with Crippen LogP contribution in [0.3, 0.4) is 0 Å². The van der Waals surface area contributed by atoms with Gasteiger partial charge >= 0.3 is 5.97 Å². The second-order valence-electron chi connectivity index (χ2n) is 4.79. The zero-order chi connectivity index (χ0) is 14.0. The van der Waals surface area contributed by atoms with Crippen molar-refractivity contribution >= 4 is 23.5 Å². The SMILES string of the molecule is CCn1cc(Cl)cc1C(=O)NC1CCCC1C(=O)O. The topological polar surface area (TPSA) is 71.3 Å². The lowest BCUT2D eigenvalue weighted by atomic mass is 10.0. The van der Waals surface area contributed by atoms with E-state index in [0.717, 1.165) is 6.42 Å². The van der Waals surface area contributed by atoms with E-state index in [1.807, 2.05) is 6.92 Å². The Labute approximate surface area is 116 Å². The quantitative estimate of drug-likeness (QED) is 0.890. The summed E-state index contributed by atoms with van der Waals surface area (Å²) in [4.78, 5) is 23.3. The van der Waals surface area contributed by atoms with E-state index in [1.165, 1.54) is 0 Å². The maximum absolute atomic E-state index is 12.2. The van der Waals surface area contributed by atoms with Crippen LogP contribution in [0.4, 0.5) is 0 Å². The minimum atomic E-state index is -0.841. The molecule has 2 unspecified atom stereocenters. The van der Waals surface area contributed by atoms with Crippen LogP contribution in [-0.4, -0.2) is 27.6 Å². The van der Waals surface area contributed by atoms with Crippen LogP contribution in [0.5, 0.6) is 0 Å². The van der Waals surface area contributed by atoms with Crippen LogP contribution in [0.15, 0.2) is 12.3 Å². The van der Waals surface area contributed by atoms with Gasteiger partial charge in [0.1, 0.15) is 5.69 Å². The molecule has 6 heteroatoms. The summed E-state index contributed by atoms with van der Waals surface area (Å²) in [6, 6.07) is 1.31. The standard InChI is InChI=1S/C13H17ClN2O3/c1-2-16-7-8(14)6-11(16)12(17)15-10-5-3-4-9(10)13(18)19/h6-7,9-10H,2-5H2,1H3,(H,15,17)(H,18,19). The molecule has 104 valence electrons. The lowest BCUT2D eigenvalue weighted by Gasteiger charge is -2.18.